The van der Waals surface area contributed by atoms with Crippen molar-refractivity contribution in [3.63, 3.8) is 0 Å². The van der Waals surface area contributed by atoms with Crippen LogP contribution < -0.4 is 5.32 Å². The largest absolute Gasteiger partial charge is 0.305 e. The molecule has 0 spiro atoms. The van der Waals surface area contributed by atoms with Gasteiger partial charge < -0.3 is 4.57 Å². The van der Waals surface area contributed by atoms with E-state index in [9.17, 15) is 4.79 Å². The number of rotatable bonds is 6. The lowest BCUT2D eigenvalue weighted by atomic mass is 9.90. The first-order valence-electron chi connectivity index (χ1n) is 9.51. The van der Waals surface area contributed by atoms with Crippen molar-refractivity contribution in [3.8, 4) is 11.4 Å². The molecule has 1 N–H and O–H groups in total. The molecule has 4 rings (SSSR count). The van der Waals surface area contributed by atoms with Gasteiger partial charge in [-0.2, -0.15) is 0 Å². The zero-order chi connectivity index (χ0) is 20.2. The highest BCUT2D eigenvalue weighted by Crippen LogP contribution is 2.35. The van der Waals surface area contributed by atoms with Crippen molar-refractivity contribution in [2.45, 2.75) is 43.2 Å². The van der Waals surface area contributed by atoms with Crippen LogP contribution in [-0.4, -0.2) is 36.6 Å². The lowest BCUT2D eigenvalue weighted by molar-refractivity contribution is -0.113. The molecule has 0 aliphatic heterocycles. The van der Waals surface area contributed by atoms with Crippen molar-refractivity contribution in [2.24, 2.45) is 7.05 Å². The van der Waals surface area contributed by atoms with Crippen molar-refractivity contribution >= 4 is 45.7 Å². The lowest BCUT2D eigenvalue weighted by Crippen LogP contribution is -2.14. The average Bonchev–Trinajstić information content (AvgIpc) is 3.35. The Labute approximate surface area is 182 Å². The van der Waals surface area contributed by atoms with Gasteiger partial charge in [0.1, 0.15) is 5.01 Å². The van der Waals surface area contributed by atoms with Gasteiger partial charge >= 0.3 is 0 Å². The van der Waals surface area contributed by atoms with E-state index in [1.54, 1.807) is 0 Å². The Morgan fingerprint density at radius 3 is 2.69 bits per heavy atom. The Balaban J connectivity index is 1.33. The number of carbonyl (C=O) groups is 1. The standard InChI is InChI=1S/C19H21ClN6OS2/c1-26-16(12-7-9-14(20)10-8-12)22-25-19(26)28-11-15(27)21-18-24-23-17(29-18)13-5-3-2-4-6-13/h7-10,13H,2-6,11H2,1H3,(H,21,24,27). The van der Waals surface area contributed by atoms with Gasteiger partial charge in [-0.1, -0.05) is 54.0 Å². The maximum atomic E-state index is 12.3. The molecule has 0 saturated heterocycles. The number of halogens is 1. The highest BCUT2D eigenvalue weighted by atomic mass is 35.5. The van der Waals surface area contributed by atoms with Crippen LogP contribution in [0, 0.1) is 0 Å². The first kappa shape index (κ1) is 20.3. The molecule has 10 heteroatoms. The molecular formula is C19H21ClN6OS2. The van der Waals surface area contributed by atoms with E-state index in [1.807, 2.05) is 35.9 Å². The highest BCUT2D eigenvalue weighted by Gasteiger charge is 2.20. The Hall–Kier alpha value is -1.97. The monoisotopic (exact) mass is 448 g/mol. The number of carbonyl (C=O) groups excluding carboxylic acids is 1. The van der Waals surface area contributed by atoms with E-state index in [0.29, 0.717) is 21.2 Å². The Morgan fingerprint density at radius 2 is 1.93 bits per heavy atom. The molecule has 2 heterocycles. The first-order valence-corrected chi connectivity index (χ1v) is 11.7. The fourth-order valence-corrected chi connectivity index (χ4v) is 5.14. The maximum Gasteiger partial charge on any atom is 0.236 e. The predicted octanol–water partition coefficient (Wildman–Crippen LogP) is 4.77. The normalized spacial score (nSPS) is 14.8. The predicted molar refractivity (Wildman–Crippen MR) is 117 cm³/mol. The molecule has 0 unspecified atom stereocenters. The number of nitrogens with zero attached hydrogens (tertiary/aromatic N) is 5. The van der Waals surface area contributed by atoms with Gasteiger partial charge in [-0.25, -0.2) is 0 Å². The second-order valence-electron chi connectivity index (χ2n) is 6.99. The minimum atomic E-state index is -0.127. The second kappa shape index (κ2) is 9.23. The van der Waals surface area contributed by atoms with Gasteiger partial charge in [0.25, 0.3) is 0 Å². The molecule has 1 amide bonds. The van der Waals surface area contributed by atoms with Crippen molar-refractivity contribution < 1.29 is 4.79 Å². The van der Waals surface area contributed by atoms with Crippen LogP contribution in [0.2, 0.25) is 5.02 Å². The number of aromatic nitrogens is 5. The summed E-state index contributed by atoms with van der Waals surface area (Å²) in [6.07, 6.45) is 6.13. The van der Waals surface area contributed by atoms with Crippen LogP contribution >= 0.6 is 34.7 Å². The van der Waals surface area contributed by atoms with E-state index >= 15 is 0 Å². The summed E-state index contributed by atoms with van der Waals surface area (Å²) in [7, 11) is 1.88. The van der Waals surface area contributed by atoms with Crippen LogP contribution in [0.4, 0.5) is 5.13 Å². The van der Waals surface area contributed by atoms with Crippen LogP contribution in [0.5, 0.6) is 0 Å². The molecule has 0 radical (unpaired) electrons. The van der Waals surface area contributed by atoms with Gasteiger partial charge in [0.15, 0.2) is 11.0 Å². The molecule has 29 heavy (non-hydrogen) atoms. The minimum absolute atomic E-state index is 0.127. The van der Waals surface area contributed by atoms with Gasteiger partial charge in [-0.05, 0) is 37.1 Å². The number of anilines is 1. The molecule has 1 aromatic carbocycles. The van der Waals surface area contributed by atoms with E-state index in [-0.39, 0.29) is 11.7 Å². The Kier molecular flexibility index (Phi) is 6.46. The first-order chi connectivity index (χ1) is 14.1. The molecule has 1 saturated carbocycles. The third kappa shape index (κ3) is 4.96. The topological polar surface area (TPSA) is 85.6 Å². The number of amides is 1. The summed E-state index contributed by atoms with van der Waals surface area (Å²) in [5.41, 5.74) is 0.921. The fourth-order valence-electron chi connectivity index (χ4n) is 3.38. The van der Waals surface area contributed by atoms with E-state index < -0.39 is 0 Å². The summed E-state index contributed by atoms with van der Waals surface area (Å²) in [4.78, 5) is 12.3. The molecular weight excluding hydrogens is 428 g/mol. The maximum absolute atomic E-state index is 12.3. The molecule has 2 aromatic heterocycles. The molecule has 3 aromatic rings. The summed E-state index contributed by atoms with van der Waals surface area (Å²) >= 11 is 8.76. The molecule has 0 bridgehead atoms. The van der Waals surface area contributed by atoms with Crippen LogP contribution in [0.3, 0.4) is 0 Å². The number of hydrogen-bond acceptors (Lipinski definition) is 7. The molecule has 1 aliphatic carbocycles. The third-order valence-corrected chi connectivity index (χ3v) is 7.18. The fraction of sp³-hybridized carbons (Fsp3) is 0.421. The van der Waals surface area contributed by atoms with Crippen molar-refractivity contribution in [1.82, 2.24) is 25.0 Å². The molecule has 0 atom stereocenters. The van der Waals surface area contributed by atoms with Gasteiger partial charge in [0.05, 0.1) is 5.75 Å². The quantitative estimate of drug-likeness (QED) is 0.547. The summed E-state index contributed by atoms with van der Waals surface area (Å²) in [6.45, 7) is 0. The Morgan fingerprint density at radius 1 is 1.17 bits per heavy atom. The van der Waals surface area contributed by atoms with Gasteiger partial charge in [-0.3, -0.25) is 10.1 Å². The zero-order valence-corrected chi connectivity index (χ0v) is 18.4. The number of hydrogen-bond donors (Lipinski definition) is 1. The number of benzene rings is 1. The summed E-state index contributed by atoms with van der Waals surface area (Å²) in [5.74, 6) is 1.32. The SMILES string of the molecule is Cn1c(SCC(=O)Nc2nnc(C3CCCCC3)s2)nnc1-c1ccc(Cl)cc1. The average molecular weight is 449 g/mol. The third-order valence-electron chi connectivity index (χ3n) is 4.91. The van der Waals surface area contributed by atoms with Crippen LogP contribution in [0.1, 0.15) is 43.0 Å². The van der Waals surface area contributed by atoms with E-state index in [0.717, 1.165) is 16.4 Å². The lowest BCUT2D eigenvalue weighted by Gasteiger charge is -2.18. The summed E-state index contributed by atoms with van der Waals surface area (Å²) < 4.78 is 1.87. The van der Waals surface area contributed by atoms with E-state index in [2.05, 4.69) is 25.7 Å². The smallest absolute Gasteiger partial charge is 0.236 e. The summed E-state index contributed by atoms with van der Waals surface area (Å²) in [6, 6.07) is 7.42. The second-order valence-corrected chi connectivity index (χ2v) is 9.38. The Bertz CT molecular complexity index is 981. The van der Waals surface area contributed by atoms with E-state index in [4.69, 9.17) is 11.6 Å². The van der Waals surface area contributed by atoms with Crippen LogP contribution in [-0.2, 0) is 11.8 Å². The molecule has 1 fully saturated rings. The van der Waals surface area contributed by atoms with Crippen LogP contribution in [0.15, 0.2) is 29.4 Å². The molecule has 152 valence electrons. The van der Waals surface area contributed by atoms with Crippen molar-refractivity contribution in [2.75, 3.05) is 11.1 Å². The molecule has 1 aliphatic rings. The van der Waals surface area contributed by atoms with Gasteiger partial charge in [0.2, 0.25) is 11.0 Å². The minimum Gasteiger partial charge on any atom is -0.305 e. The zero-order valence-electron chi connectivity index (χ0n) is 16.0. The van der Waals surface area contributed by atoms with Gasteiger partial charge in [-0.15, -0.1) is 20.4 Å². The summed E-state index contributed by atoms with van der Waals surface area (Å²) in [5, 5.41) is 22.6. The van der Waals surface area contributed by atoms with Gasteiger partial charge in [0, 0.05) is 23.6 Å². The van der Waals surface area contributed by atoms with Crippen LogP contribution in [0.25, 0.3) is 11.4 Å². The van der Waals surface area contributed by atoms with Crippen molar-refractivity contribution in [3.05, 3.63) is 34.3 Å². The van der Waals surface area contributed by atoms with E-state index in [1.165, 1.54) is 55.2 Å². The number of nitrogens with one attached hydrogen (secondary N) is 1. The molecule has 7 nitrogen and oxygen atoms in total. The highest BCUT2D eigenvalue weighted by molar-refractivity contribution is 7.99. The van der Waals surface area contributed by atoms with Crippen molar-refractivity contribution in [1.29, 1.82) is 0 Å². The number of thioether (sulfide) groups is 1.